The van der Waals surface area contributed by atoms with Crippen molar-refractivity contribution in [1.29, 1.82) is 0 Å². The van der Waals surface area contributed by atoms with E-state index in [0.717, 1.165) is 64.9 Å². The lowest BCUT2D eigenvalue weighted by Crippen LogP contribution is -2.42. The van der Waals surface area contributed by atoms with Gasteiger partial charge in [0.25, 0.3) is 0 Å². The van der Waals surface area contributed by atoms with E-state index in [1.165, 1.54) is 0 Å². The van der Waals surface area contributed by atoms with Gasteiger partial charge in [-0.2, -0.15) is 0 Å². The number of benzene rings is 4. The maximum atomic E-state index is 12.4. The highest BCUT2D eigenvalue weighted by atomic mass is 16.7. The molecule has 2 aliphatic heterocycles. The molecular weight excluding hydrogens is 578 g/mol. The number of likely N-dealkylation sites (tertiary alicyclic amines) is 1. The van der Waals surface area contributed by atoms with E-state index in [-0.39, 0.29) is 37.5 Å². The van der Waals surface area contributed by atoms with Crippen LogP contribution in [0.15, 0.2) is 103 Å². The summed E-state index contributed by atoms with van der Waals surface area (Å²) < 4.78 is 13.2. The van der Waals surface area contributed by atoms with Crippen molar-refractivity contribution >= 4 is 6.03 Å². The summed E-state index contributed by atoms with van der Waals surface area (Å²) in [5, 5.41) is 25.3. The number of carbonyl (C=O) groups excluding carboxylic acids is 1. The molecule has 8 heteroatoms. The smallest absolute Gasteiger partial charge is 0.315 e. The molecule has 46 heavy (non-hydrogen) atoms. The zero-order valence-corrected chi connectivity index (χ0v) is 26.1. The summed E-state index contributed by atoms with van der Waals surface area (Å²) in [6.07, 6.45) is 1.99. The molecule has 2 heterocycles. The molecule has 4 N–H and O–H groups in total. The normalized spacial score (nSPS) is 21.6. The molecule has 0 radical (unpaired) electrons. The molecule has 2 amide bonds. The average Bonchev–Trinajstić information content (AvgIpc) is 3.57. The number of ether oxygens (including phenoxy) is 2. The first kappa shape index (κ1) is 31.9. The van der Waals surface area contributed by atoms with Crippen LogP contribution in [0.4, 0.5) is 4.79 Å². The number of aliphatic hydroxyl groups excluding tert-OH is 2. The van der Waals surface area contributed by atoms with Gasteiger partial charge in [-0.05, 0) is 64.9 Å². The van der Waals surface area contributed by atoms with Crippen molar-refractivity contribution in [3.8, 4) is 11.1 Å². The Labute approximate surface area is 271 Å². The van der Waals surface area contributed by atoms with E-state index < -0.39 is 6.29 Å². The van der Waals surface area contributed by atoms with Gasteiger partial charge in [0.1, 0.15) is 0 Å². The first-order valence-electron chi connectivity index (χ1n) is 16.2. The van der Waals surface area contributed by atoms with Crippen molar-refractivity contribution in [3.05, 3.63) is 131 Å². The standard InChI is InChI=1S/C38H43N3O5/c42-25-28-14-16-30(17-15-28)36-21-35(24-41-18-6-13-34(41)26-43)45-37(46-36)33-12-5-11-32(20-33)31-10-4-9-29(19-31)23-40-38(44)39-22-27-7-2-1-3-8-27/h1-5,7-12,14-17,19-20,34-37,42-43H,6,13,18,21-26H2,(H2,39,40,44)/t34-,35+,36-,37-/m0/s1. The average molecular weight is 622 g/mol. The first-order chi connectivity index (χ1) is 22.6. The predicted molar refractivity (Wildman–Crippen MR) is 177 cm³/mol. The SMILES string of the molecule is O=C(NCc1ccccc1)NCc1cccc(-c2cccc([C@H]3O[C@@H](CN4CCC[C@H]4CO)C[C@@H](c4ccc(CO)cc4)O3)c2)c1. The number of carbonyl (C=O) groups is 1. The van der Waals surface area contributed by atoms with Gasteiger partial charge in [-0.15, -0.1) is 0 Å². The van der Waals surface area contributed by atoms with Crippen molar-refractivity contribution in [2.45, 2.75) is 63.5 Å². The minimum atomic E-state index is -0.561. The molecule has 240 valence electrons. The van der Waals surface area contributed by atoms with Crippen molar-refractivity contribution in [3.63, 3.8) is 0 Å². The third kappa shape index (κ3) is 8.20. The summed E-state index contributed by atoms with van der Waals surface area (Å²) in [5.41, 5.74) is 6.97. The Morgan fingerprint density at radius 3 is 2.24 bits per heavy atom. The van der Waals surface area contributed by atoms with Crippen LogP contribution in [0.5, 0.6) is 0 Å². The number of hydrogen-bond donors (Lipinski definition) is 4. The number of aliphatic hydroxyl groups is 2. The largest absolute Gasteiger partial charge is 0.395 e. The Morgan fingerprint density at radius 1 is 0.761 bits per heavy atom. The topological polar surface area (TPSA) is 103 Å². The number of nitrogens with zero attached hydrogens (tertiary/aromatic N) is 1. The zero-order valence-electron chi connectivity index (χ0n) is 26.1. The van der Waals surface area contributed by atoms with E-state index in [1.54, 1.807) is 0 Å². The van der Waals surface area contributed by atoms with Crippen molar-refractivity contribution < 1.29 is 24.5 Å². The number of hydrogen-bond acceptors (Lipinski definition) is 6. The van der Waals surface area contributed by atoms with Crippen LogP contribution in [-0.2, 0) is 29.2 Å². The van der Waals surface area contributed by atoms with Gasteiger partial charge in [-0.3, -0.25) is 4.90 Å². The van der Waals surface area contributed by atoms with Crippen LogP contribution in [0.2, 0.25) is 0 Å². The summed E-state index contributed by atoms with van der Waals surface area (Å²) in [6.45, 7) is 2.75. The quantitative estimate of drug-likeness (QED) is 0.168. The molecular formula is C38H43N3O5. The van der Waals surface area contributed by atoms with E-state index in [1.807, 2.05) is 78.9 Å². The Balaban J connectivity index is 1.15. The Bertz CT molecular complexity index is 1560. The maximum absolute atomic E-state index is 12.4. The molecule has 2 aliphatic rings. The minimum Gasteiger partial charge on any atom is -0.395 e. The molecule has 0 aliphatic carbocycles. The summed E-state index contributed by atoms with van der Waals surface area (Å²) in [5.74, 6) is 0. The highest BCUT2D eigenvalue weighted by molar-refractivity contribution is 5.74. The van der Waals surface area contributed by atoms with Gasteiger partial charge in [0, 0.05) is 37.7 Å². The molecule has 4 aromatic rings. The molecule has 4 atom stereocenters. The number of urea groups is 1. The molecule has 0 unspecified atom stereocenters. The monoisotopic (exact) mass is 621 g/mol. The minimum absolute atomic E-state index is 0.00316. The molecule has 2 saturated heterocycles. The molecule has 0 spiro atoms. The Morgan fingerprint density at radius 2 is 1.48 bits per heavy atom. The summed E-state index contributed by atoms with van der Waals surface area (Å²) >= 11 is 0. The lowest BCUT2D eigenvalue weighted by atomic mass is 9.98. The third-order valence-corrected chi connectivity index (χ3v) is 8.93. The Hall–Kier alpha value is -4.05. The lowest BCUT2D eigenvalue weighted by molar-refractivity contribution is -0.253. The number of rotatable bonds is 11. The molecule has 2 fully saturated rings. The van der Waals surface area contributed by atoms with E-state index >= 15 is 0 Å². The van der Waals surface area contributed by atoms with Gasteiger partial charge in [0.2, 0.25) is 0 Å². The van der Waals surface area contributed by atoms with Crippen molar-refractivity contribution in [1.82, 2.24) is 15.5 Å². The molecule has 8 nitrogen and oxygen atoms in total. The summed E-state index contributed by atoms with van der Waals surface area (Å²) in [7, 11) is 0. The first-order valence-corrected chi connectivity index (χ1v) is 16.2. The van der Waals surface area contributed by atoms with Gasteiger partial charge in [0.05, 0.1) is 25.4 Å². The lowest BCUT2D eigenvalue weighted by Gasteiger charge is -2.38. The van der Waals surface area contributed by atoms with Crippen LogP contribution in [0.3, 0.4) is 0 Å². The van der Waals surface area contributed by atoms with Gasteiger partial charge in [-0.1, -0.05) is 91.0 Å². The predicted octanol–water partition coefficient (Wildman–Crippen LogP) is 5.85. The van der Waals surface area contributed by atoms with Crippen LogP contribution in [0.1, 0.15) is 59.5 Å². The van der Waals surface area contributed by atoms with Crippen molar-refractivity contribution in [2.75, 3.05) is 19.7 Å². The molecule has 6 rings (SSSR count). The maximum Gasteiger partial charge on any atom is 0.315 e. The van der Waals surface area contributed by atoms with Crippen LogP contribution in [0.25, 0.3) is 11.1 Å². The highest BCUT2D eigenvalue weighted by Gasteiger charge is 2.35. The second kappa shape index (κ2) is 15.5. The zero-order chi connectivity index (χ0) is 31.7. The summed E-state index contributed by atoms with van der Waals surface area (Å²) in [4.78, 5) is 14.8. The van der Waals surface area contributed by atoms with Crippen LogP contribution in [-0.4, -0.2) is 53.0 Å². The van der Waals surface area contributed by atoms with E-state index in [0.29, 0.717) is 19.5 Å². The van der Waals surface area contributed by atoms with E-state index in [4.69, 9.17) is 9.47 Å². The fourth-order valence-electron chi connectivity index (χ4n) is 6.39. The number of nitrogens with one attached hydrogen (secondary N) is 2. The van der Waals surface area contributed by atoms with Gasteiger partial charge in [0.15, 0.2) is 6.29 Å². The third-order valence-electron chi connectivity index (χ3n) is 8.93. The van der Waals surface area contributed by atoms with Crippen LogP contribution < -0.4 is 10.6 Å². The molecule has 0 saturated carbocycles. The number of amides is 2. The van der Waals surface area contributed by atoms with Crippen molar-refractivity contribution in [2.24, 2.45) is 0 Å². The molecule has 0 aromatic heterocycles. The second-order valence-electron chi connectivity index (χ2n) is 12.2. The summed E-state index contributed by atoms with van der Waals surface area (Å²) in [6, 6.07) is 34.2. The van der Waals surface area contributed by atoms with E-state index in [9.17, 15) is 15.0 Å². The van der Waals surface area contributed by atoms with Gasteiger partial charge >= 0.3 is 6.03 Å². The second-order valence-corrected chi connectivity index (χ2v) is 12.2. The van der Waals surface area contributed by atoms with Gasteiger partial charge in [-0.25, -0.2) is 4.79 Å². The van der Waals surface area contributed by atoms with Gasteiger partial charge < -0.3 is 30.3 Å². The fraction of sp³-hybridized carbons (Fsp3) is 0.342. The highest BCUT2D eigenvalue weighted by Crippen LogP contribution is 2.39. The Kier molecular flexibility index (Phi) is 10.7. The van der Waals surface area contributed by atoms with Crippen LogP contribution in [0, 0.1) is 0 Å². The molecule has 0 bridgehead atoms. The van der Waals surface area contributed by atoms with E-state index in [2.05, 4.69) is 39.8 Å². The van der Waals surface area contributed by atoms with Crippen LogP contribution >= 0.6 is 0 Å². The molecule has 4 aromatic carbocycles. The fourth-order valence-corrected chi connectivity index (χ4v) is 6.39.